The van der Waals surface area contributed by atoms with Gasteiger partial charge in [0, 0.05) is 36.8 Å². The summed E-state index contributed by atoms with van der Waals surface area (Å²) in [6, 6.07) is 2.18. The van der Waals surface area contributed by atoms with Crippen LogP contribution in [0.5, 0.6) is 0 Å². The number of hydrogen-bond donors (Lipinski definition) is 2. The largest absolute Gasteiger partial charge is 0.391 e. The van der Waals surface area contributed by atoms with Crippen molar-refractivity contribution in [1.82, 2.24) is 30.3 Å². The van der Waals surface area contributed by atoms with E-state index in [9.17, 15) is 9.90 Å². The average molecular weight is 343 g/mol. The van der Waals surface area contributed by atoms with Crippen molar-refractivity contribution in [2.75, 3.05) is 18.0 Å². The van der Waals surface area contributed by atoms with Crippen LogP contribution in [0, 0.1) is 0 Å². The van der Waals surface area contributed by atoms with Crippen LogP contribution in [0.3, 0.4) is 0 Å². The Morgan fingerprint density at radius 3 is 2.80 bits per heavy atom. The summed E-state index contributed by atoms with van der Waals surface area (Å²) in [7, 11) is 0. The fraction of sp³-hybridized carbons (Fsp3) is 0.562. The van der Waals surface area contributed by atoms with Crippen molar-refractivity contribution in [3.63, 3.8) is 0 Å². The SMILES string of the molecule is O=C(Cn1nccn1)NC1CC(c2cc(N3CC[C@@H](O)C3)ncn2)C1. The fourth-order valence-electron chi connectivity index (χ4n) is 3.41. The molecule has 1 saturated heterocycles. The Morgan fingerprint density at radius 2 is 2.08 bits per heavy atom. The monoisotopic (exact) mass is 343 g/mol. The summed E-state index contributed by atoms with van der Waals surface area (Å²) in [4.78, 5) is 24.1. The number of aliphatic hydroxyl groups excluding tert-OH is 1. The number of rotatable bonds is 5. The summed E-state index contributed by atoms with van der Waals surface area (Å²) in [5.74, 6) is 1.13. The van der Waals surface area contributed by atoms with Gasteiger partial charge in [-0.25, -0.2) is 9.97 Å². The van der Waals surface area contributed by atoms with Crippen LogP contribution in [0.2, 0.25) is 0 Å². The van der Waals surface area contributed by atoms with E-state index in [-0.39, 0.29) is 24.6 Å². The molecule has 2 N–H and O–H groups in total. The van der Waals surface area contributed by atoms with Crippen molar-refractivity contribution in [2.45, 2.75) is 43.9 Å². The predicted molar refractivity (Wildman–Crippen MR) is 88.8 cm³/mol. The first-order chi connectivity index (χ1) is 12.2. The molecule has 25 heavy (non-hydrogen) atoms. The van der Waals surface area contributed by atoms with E-state index in [4.69, 9.17) is 0 Å². The average Bonchev–Trinajstić information content (AvgIpc) is 3.22. The lowest BCUT2D eigenvalue weighted by Gasteiger charge is -2.35. The summed E-state index contributed by atoms with van der Waals surface area (Å²) in [6.45, 7) is 1.59. The first kappa shape index (κ1) is 15.9. The second kappa shape index (κ2) is 6.75. The Labute approximate surface area is 145 Å². The first-order valence-corrected chi connectivity index (χ1v) is 8.56. The summed E-state index contributed by atoms with van der Waals surface area (Å²) in [5, 5.41) is 20.5. The topological polar surface area (TPSA) is 109 Å². The molecule has 3 heterocycles. The summed E-state index contributed by atoms with van der Waals surface area (Å²) < 4.78 is 0. The lowest BCUT2D eigenvalue weighted by Crippen LogP contribution is -2.45. The van der Waals surface area contributed by atoms with Gasteiger partial charge in [0.25, 0.3) is 0 Å². The maximum absolute atomic E-state index is 11.9. The molecule has 0 spiro atoms. The molecule has 0 bridgehead atoms. The smallest absolute Gasteiger partial charge is 0.243 e. The van der Waals surface area contributed by atoms with E-state index in [0.29, 0.717) is 12.5 Å². The van der Waals surface area contributed by atoms with Crippen molar-refractivity contribution >= 4 is 11.7 Å². The van der Waals surface area contributed by atoms with Crippen LogP contribution in [0.15, 0.2) is 24.8 Å². The minimum Gasteiger partial charge on any atom is -0.391 e. The highest BCUT2D eigenvalue weighted by Gasteiger charge is 2.33. The van der Waals surface area contributed by atoms with Crippen molar-refractivity contribution < 1.29 is 9.90 Å². The maximum Gasteiger partial charge on any atom is 0.243 e. The number of aromatic nitrogens is 5. The van der Waals surface area contributed by atoms with Gasteiger partial charge in [-0.15, -0.1) is 0 Å². The predicted octanol–water partition coefficient (Wildman–Crippen LogP) is -0.298. The minimum atomic E-state index is -0.272. The van der Waals surface area contributed by atoms with Gasteiger partial charge in [-0.1, -0.05) is 0 Å². The molecule has 2 aromatic rings. The lowest BCUT2D eigenvalue weighted by atomic mass is 9.78. The van der Waals surface area contributed by atoms with Crippen LogP contribution >= 0.6 is 0 Å². The third-order valence-electron chi connectivity index (χ3n) is 4.83. The Hall–Kier alpha value is -2.55. The van der Waals surface area contributed by atoms with Crippen molar-refractivity contribution in [2.24, 2.45) is 0 Å². The van der Waals surface area contributed by atoms with E-state index in [1.807, 2.05) is 6.07 Å². The van der Waals surface area contributed by atoms with E-state index >= 15 is 0 Å². The third kappa shape index (κ3) is 3.60. The molecular weight excluding hydrogens is 322 g/mol. The van der Waals surface area contributed by atoms with E-state index in [0.717, 1.165) is 37.3 Å². The molecule has 2 aliphatic rings. The van der Waals surface area contributed by atoms with Crippen LogP contribution in [0.1, 0.15) is 30.9 Å². The fourth-order valence-corrected chi connectivity index (χ4v) is 3.41. The van der Waals surface area contributed by atoms with Crippen LogP contribution < -0.4 is 10.2 Å². The molecule has 9 nitrogen and oxygen atoms in total. The van der Waals surface area contributed by atoms with Gasteiger partial charge in [-0.2, -0.15) is 15.0 Å². The quantitative estimate of drug-likeness (QED) is 0.767. The van der Waals surface area contributed by atoms with Gasteiger partial charge in [-0.05, 0) is 19.3 Å². The van der Waals surface area contributed by atoms with Crippen LogP contribution in [-0.4, -0.2) is 61.2 Å². The number of hydrogen-bond acceptors (Lipinski definition) is 7. The summed E-state index contributed by atoms with van der Waals surface area (Å²) in [6.07, 6.45) is 6.95. The van der Waals surface area contributed by atoms with Crippen molar-refractivity contribution in [3.05, 3.63) is 30.5 Å². The standard InChI is InChI=1S/C16H21N7O2/c24-13-1-4-22(8-13)15-7-14(17-10-18-15)11-5-12(6-11)21-16(25)9-23-19-2-3-20-23/h2-3,7,10-13,24H,1,4-6,8-9H2,(H,21,25)/t11?,12?,13-/m1/s1. The Kier molecular flexibility index (Phi) is 4.31. The Bertz CT molecular complexity index is 730. The van der Waals surface area contributed by atoms with E-state index < -0.39 is 0 Å². The number of amides is 1. The van der Waals surface area contributed by atoms with Crippen molar-refractivity contribution in [1.29, 1.82) is 0 Å². The minimum absolute atomic E-state index is 0.0749. The Morgan fingerprint density at radius 1 is 1.28 bits per heavy atom. The molecule has 1 aliphatic heterocycles. The van der Waals surface area contributed by atoms with Gasteiger partial charge in [0.05, 0.1) is 18.5 Å². The number of nitrogens with one attached hydrogen (secondary N) is 1. The molecule has 2 fully saturated rings. The molecule has 1 aliphatic carbocycles. The molecule has 9 heteroatoms. The molecule has 0 radical (unpaired) electrons. The van der Waals surface area contributed by atoms with Crippen LogP contribution in [0.25, 0.3) is 0 Å². The molecule has 0 aromatic carbocycles. The molecule has 1 amide bonds. The summed E-state index contributed by atoms with van der Waals surface area (Å²) in [5.41, 5.74) is 1.01. The van der Waals surface area contributed by atoms with Gasteiger partial charge >= 0.3 is 0 Å². The molecule has 4 rings (SSSR count). The number of carbonyl (C=O) groups excluding carboxylic acids is 1. The lowest BCUT2D eigenvalue weighted by molar-refractivity contribution is -0.123. The zero-order valence-corrected chi connectivity index (χ0v) is 13.8. The van der Waals surface area contributed by atoms with Crippen molar-refractivity contribution in [3.8, 4) is 0 Å². The van der Waals surface area contributed by atoms with Gasteiger partial charge in [0.1, 0.15) is 18.7 Å². The zero-order valence-electron chi connectivity index (χ0n) is 13.8. The van der Waals surface area contributed by atoms with E-state index in [1.165, 1.54) is 4.80 Å². The molecular formula is C16H21N7O2. The van der Waals surface area contributed by atoms with Crippen LogP contribution in [-0.2, 0) is 11.3 Å². The van der Waals surface area contributed by atoms with Gasteiger partial charge in [0.2, 0.25) is 5.91 Å². The Balaban J connectivity index is 1.29. The molecule has 132 valence electrons. The summed E-state index contributed by atoms with van der Waals surface area (Å²) >= 11 is 0. The molecule has 2 aromatic heterocycles. The normalized spacial score (nSPS) is 25.6. The zero-order chi connectivity index (χ0) is 17.2. The highest BCUT2D eigenvalue weighted by atomic mass is 16.3. The highest BCUT2D eigenvalue weighted by molar-refractivity contribution is 5.76. The number of aliphatic hydroxyl groups is 1. The van der Waals surface area contributed by atoms with Gasteiger partial charge in [0.15, 0.2) is 0 Å². The van der Waals surface area contributed by atoms with Gasteiger partial charge < -0.3 is 15.3 Å². The number of anilines is 1. The second-order valence-electron chi connectivity index (χ2n) is 6.68. The molecule has 1 saturated carbocycles. The van der Waals surface area contributed by atoms with E-state index in [2.05, 4.69) is 30.4 Å². The second-order valence-corrected chi connectivity index (χ2v) is 6.68. The number of β-amino-alcohol motifs (C(OH)–C–C–N with tert-alkyl or cyclic N) is 1. The molecule has 1 atom stereocenters. The maximum atomic E-state index is 11.9. The highest BCUT2D eigenvalue weighted by Crippen LogP contribution is 2.36. The third-order valence-corrected chi connectivity index (χ3v) is 4.83. The van der Waals surface area contributed by atoms with E-state index in [1.54, 1.807) is 18.7 Å². The number of carbonyl (C=O) groups is 1. The van der Waals surface area contributed by atoms with Gasteiger partial charge in [-0.3, -0.25) is 4.79 Å². The number of nitrogens with zero attached hydrogens (tertiary/aromatic N) is 6. The molecule has 0 unspecified atom stereocenters. The first-order valence-electron chi connectivity index (χ1n) is 8.56. The van der Waals surface area contributed by atoms with Crippen LogP contribution in [0.4, 0.5) is 5.82 Å².